The van der Waals surface area contributed by atoms with Crippen molar-refractivity contribution in [2.75, 3.05) is 11.4 Å². The van der Waals surface area contributed by atoms with Crippen LogP contribution in [0.15, 0.2) is 36.4 Å². The van der Waals surface area contributed by atoms with Gasteiger partial charge in [-0.15, -0.1) is 0 Å². The van der Waals surface area contributed by atoms with Gasteiger partial charge in [0.2, 0.25) is 5.91 Å². The van der Waals surface area contributed by atoms with E-state index in [1.165, 1.54) is 0 Å². The van der Waals surface area contributed by atoms with Gasteiger partial charge in [0.05, 0.1) is 0 Å². The van der Waals surface area contributed by atoms with Crippen LogP contribution in [0.5, 0.6) is 0 Å². The van der Waals surface area contributed by atoms with Crippen molar-refractivity contribution in [3.8, 4) is 0 Å². The Balaban J connectivity index is 1.74. The number of hydrogen-bond acceptors (Lipinski definition) is 3. The number of para-hydroxylation sites is 1. The zero-order valence-corrected chi connectivity index (χ0v) is 14.0. The van der Waals surface area contributed by atoms with E-state index in [2.05, 4.69) is 29.9 Å². The molecule has 0 N–H and O–H groups in total. The van der Waals surface area contributed by atoms with Crippen LogP contribution in [0.1, 0.15) is 43.4 Å². The fourth-order valence-corrected chi connectivity index (χ4v) is 3.13. The molecule has 1 aromatic heterocycles. The predicted molar refractivity (Wildman–Crippen MR) is 91.5 cm³/mol. The number of rotatable bonds is 4. The Kier molecular flexibility index (Phi) is 4.42. The summed E-state index contributed by atoms with van der Waals surface area (Å²) in [7, 11) is 0. The second-order valence-electron chi connectivity index (χ2n) is 6.60. The standard InChI is InChI=1S/C19H23N3O/c1-13(2)18-11-16(20-14(3)21-18)9-15-10-19(23)22(12-15)17-7-5-4-6-8-17/h4-8,11,13,15H,9-10,12H2,1-3H3/t15-/m1/s1. The Morgan fingerprint density at radius 3 is 2.65 bits per heavy atom. The highest BCUT2D eigenvalue weighted by atomic mass is 16.2. The summed E-state index contributed by atoms with van der Waals surface area (Å²) >= 11 is 0. The van der Waals surface area contributed by atoms with Gasteiger partial charge in [-0.25, -0.2) is 9.97 Å². The number of carbonyl (C=O) groups is 1. The van der Waals surface area contributed by atoms with Gasteiger partial charge in [-0.2, -0.15) is 0 Å². The van der Waals surface area contributed by atoms with Crippen LogP contribution in [0.4, 0.5) is 5.69 Å². The second-order valence-corrected chi connectivity index (χ2v) is 6.60. The van der Waals surface area contributed by atoms with Crippen molar-refractivity contribution >= 4 is 11.6 Å². The summed E-state index contributed by atoms with van der Waals surface area (Å²) in [5.74, 6) is 1.73. The van der Waals surface area contributed by atoms with Gasteiger partial charge in [0.15, 0.2) is 0 Å². The van der Waals surface area contributed by atoms with Crippen LogP contribution in [0.25, 0.3) is 0 Å². The predicted octanol–water partition coefficient (Wildman–Crippen LogP) is 3.50. The molecule has 0 saturated carbocycles. The van der Waals surface area contributed by atoms with Crippen LogP contribution in [0.2, 0.25) is 0 Å². The van der Waals surface area contributed by atoms with E-state index in [-0.39, 0.29) is 5.91 Å². The third-order valence-corrected chi connectivity index (χ3v) is 4.27. The lowest BCUT2D eigenvalue weighted by Crippen LogP contribution is -2.24. The Morgan fingerprint density at radius 1 is 1.22 bits per heavy atom. The molecule has 4 nitrogen and oxygen atoms in total. The number of aromatic nitrogens is 2. The smallest absolute Gasteiger partial charge is 0.227 e. The lowest BCUT2D eigenvalue weighted by atomic mass is 10.0. The average molecular weight is 309 g/mol. The maximum atomic E-state index is 12.3. The molecule has 0 bridgehead atoms. The molecule has 1 saturated heterocycles. The van der Waals surface area contributed by atoms with Crippen LogP contribution in [-0.4, -0.2) is 22.4 Å². The summed E-state index contributed by atoms with van der Waals surface area (Å²) in [6.07, 6.45) is 1.42. The number of aryl methyl sites for hydroxylation is 1. The molecule has 1 fully saturated rings. The summed E-state index contributed by atoms with van der Waals surface area (Å²) in [5, 5.41) is 0. The number of nitrogens with zero attached hydrogens (tertiary/aromatic N) is 3. The molecule has 23 heavy (non-hydrogen) atoms. The summed E-state index contributed by atoms with van der Waals surface area (Å²) in [6.45, 7) is 6.98. The maximum absolute atomic E-state index is 12.3. The van der Waals surface area contributed by atoms with Crippen molar-refractivity contribution in [3.05, 3.63) is 53.6 Å². The lowest BCUT2D eigenvalue weighted by Gasteiger charge is -2.16. The third-order valence-electron chi connectivity index (χ3n) is 4.27. The van der Waals surface area contributed by atoms with Crippen molar-refractivity contribution in [1.29, 1.82) is 0 Å². The SMILES string of the molecule is Cc1nc(C[C@@H]2CC(=O)N(c3ccccc3)C2)cc(C(C)C)n1. The Bertz CT molecular complexity index is 697. The van der Waals surface area contributed by atoms with Gasteiger partial charge in [0.1, 0.15) is 5.82 Å². The molecule has 0 radical (unpaired) electrons. The van der Waals surface area contributed by atoms with Gasteiger partial charge in [-0.05, 0) is 43.4 Å². The van der Waals surface area contributed by atoms with E-state index in [0.717, 1.165) is 35.9 Å². The molecule has 1 atom stereocenters. The summed E-state index contributed by atoms with van der Waals surface area (Å²) in [5.41, 5.74) is 3.12. The van der Waals surface area contributed by atoms with Crippen molar-refractivity contribution in [1.82, 2.24) is 9.97 Å². The molecule has 120 valence electrons. The summed E-state index contributed by atoms with van der Waals surface area (Å²) in [6, 6.07) is 12.0. The van der Waals surface area contributed by atoms with Crippen LogP contribution >= 0.6 is 0 Å². The van der Waals surface area contributed by atoms with E-state index in [1.54, 1.807) is 0 Å². The molecule has 0 aliphatic carbocycles. The van der Waals surface area contributed by atoms with Gasteiger partial charge in [0.25, 0.3) is 0 Å². The number of hydrogen-bond donors (Lipinski definition) is 0. The summed E-state index contributed by atoms with van der Waals surface area (Å²) in [4.78, 5) is 23.3. The quantitative estimate of drug-likeness (QED) is 0.868. The normalized spacial score (nSPS) is 18.0. The molecule has 1 aliphatic heterocycles. The highest BCUT2D eigenvalue weighted by Gasteiger charge is 2.30. The Labute approximate surface area is 137 Å². The molecular formula is C19H23N3O. The van der Waals surface area contributed by atoms with Crippen molar-refractivity contribution in [2.24, 2.45) is 5.92 Å². The molecule has 1 aliphatic rings. The van der Waals surface area contributed by atoms with E-state index in [9.17, 15) is 4.79 Å². The highest BCUT2D eigenvalue weighted by molar-refractivity contribution is 5.95. The molecule has 0 unspecified atom stereocenters. The third kappa shape index (κ3) is 3.58. The molecular weight excluding hydrogens is 286 g/mol. The van der Waals surface area contributed by atoms with E-state index in [0.29, 0.717) is 18.3 Å². The van der Waals surface area contributed by atoms with Crippen LogP contribution < -0.4 is 4.90 Å². The van der Waals surface area contributed by atoms with E-state index < -0.39 is 0 Å². The largest absolute Gasteiger partial charge is 0.312 e. The van der Waals surface area contributed by atoms with Gasteiger partial charge in [-0.1, -0.05) is 32.0 Å². The van der Waals surface area contributed by atoms with Gasteiger partial charge < -0.3 is 4.90 Å². The van der Waals surface area contributed by atoms with Gasteiger partial charge >= 0.3 is 0 Å². The van der Waals surface area contributed by atoms with Crippen LogP contribution in [0, 0.1) is 12.8 Å². The number of anilines is 1. The maximum Gasteiger partial charge on any atom is 0.227 e. The second kappa shape index (κ2) is 6.49. The first-order valence-corrected chi connectivity index (χ1v) is 8.23. The fraction of sp³-hybridized carbons (Fsp3) is 0.421. The number of amides is 1. The molecule has 0 spiro atoms. The monoisotopic (exact) mass is 309 g/mol. The van der Waals surface area contributed by atoms with Crippen molar-refractivity contribution in [3.63, 3.8) is 0 Å². The van der Waals surface area contributed by atoms with Gasteiger partial charge in [-0.3, -0.25) is 4.79 Å². The lowest BCUT2D eigenvalue weighted by molar-refractivity contribution is -0.117. The first-order valence-electron chi connectivity index (χ1n) is 8.23. The zero-order chi connectivity index (χ0) is 16.4. The molecule has 2 heterocycles. The number of carbonyl (C=O) groups excluding carboxylic acids is 1. The molecule has 4 heteroatoms. The molecule has 1 amide bonds. The van der Waals surface area contributed by atoms with E-state index in [1.807, 2.05) is 42.2 Å². The van der Waals surface area contributed by atoms with Crippen LogP contribution in [0.3, 0.4) is 0 Å². The minimum atomic E-state index is 0.205. The first-order chi connectivity index (χ1) is 11.0. The van der Waals surface area contributed by atoms with E-state index >= 15 is 0 Å². The molecule has 1 aromatic carbocycles. The van der Waals surface area contributed by atoms with Crippen molar-refractivity contribution in [2.45, 2.75) is 39.5 Å². The minimum absolute atomic E-state index is 0.205. The summed E-state index contributed by atoms with van der Waals surface area (Å²) < 4.78 is 0. The molecule has 2 aromatic rings. The Morgan fingerprint density at radius 2 is 1.96 bits per heavy atom. The topological polar surface area (TPSA) is 46.1 Å². The highest BCUT2D eigenvalue weighted by Crippen LogP contribution is 2.27. The fourth-order valence-electron chi connectivity index (χ4n) is 3.13. The van der Waals surface area contributed by atoms with E-state index in [4.69, 9.17) is 0 Å². The average Bonchev–Trinajstić information content (AvgIpc) is 2.88. The van der Waals surface area contributed by atoms with Crippen LogP contribution in [-0.2, 0) is 11.2 Å². The first kappa shape index (κ1) is 15.7. The Hall–Kier alpha value is -2.23. The molecule has 3 rings (SSSR count). The minimum Gasteiger partial charge on any atom is -0.312 e. The zero-order valence-electron chi connectivity index (χ0n) is 14.0. The number of benzene rings is 1. The van der Waals surface area contributed by atoms with Gasteiger partial charge in [0, 0.05) is 30.0 Å². The van der Waals surface area contributed by atoms with Crippen molar-refractivity contribution < 1.29 is 4.79 Å².